The van der Waals surface area contributed by atoms with Gasteiger partial charge in [-0.2, -0.15) is 18.3 Å². The van der Waals surface area contributed by atoms with Crippen molar-refractivity contribution >= 4 is 16.9 Å². The zero-order valence-corrected chi connectivity index (χ0v) is 15.3. The molecule has 1 saturated carbocycles. The van der Waals surface area contributed by atoms with Crippen molar-refractivity contribution in [3.63, 3.8) is 0 Å². The van der Waals surface area contributed by atoms with E-state index in [-0.39, 0.29) is 28.9 Å². The Morgan fingerprint density at radius 3 is 2.79 bits per heavy atom. The summed E-state index contributed by atoms with van der Waals surface area (Å²) < 4.78 is 40.7. The number of para-hydroxylation sites is 1. The fourth-order valence-corrected chi connectivity index (χ4v) is 3.81. The summed E-state index contributed by atoms with van der Waals surface area (Å²) in [5, 5.41) is 10.6. The van der Waals surface area contributed by atoms with Gasteiger partial charge in [0.2, 0.25) is 5.95 Å². The van der Waals surface area contributed by atoms with Gasteiger partial charge in [-0.25, -0.2) is 9.97 Å². The van der Waals surface area contributed by atoms with E-state index in [1.165, 1.54) is 0 Å². The first kappa shape index (κ1) is 18.7. The molecular formula is C19H21F3N6. The van der Waals surface area contributed by atoms with Crippen molar-refractivity contribution in [2.45, 2.75) is 50.4 Å². The number of nitrogens with zero attached hydrogens (tertiary/aromatic N) is 3. The number of nitrogens with two attached hydrogens (primary N) is 1. The van der Waals surface area contributed by atoms with E-state index in [1.54, 1.807) is 24.3 Å². The number of H-pyrrole nitrogens is 1. The van der Waals surface area contributed by atoms with Gasteiger partial charge in [-0.05, 0) is 38.7 Å². The molecule has 3 aromatic rings. The molecule has 0 unspecified atom stereocenters. The second-order valence-electron chi connectivity index (χ2n) is 7.66. The number of hydrogen-bond donors (Lipinski definition) is 3. The summed E-state index contributed by atoms with van der Waals surface area (Å²) in [6.07, 6.45) is -0.325. The molecule has 28 heavy (non-hydrogen) atoms. The highest BCUT2D eigenvalue weighted by molar-refractivity contribution is 5.92. The van der Waals surface area contributed by atoms with Crippen LogP contribution in [0, 0.1) is 0 Å². The molecule has 1 aromatic carbocycles. The van der Waals surface area contributed by atoms with E-state index in [9.17, 15) is 13.2 Å². The fraction of sp³-hybridized carbons (Fsp3) is 0.421. The number of hydrogen-bond acceptors (Lipinski definition) is 5. The molecule has 6 nitrogen and oxygen atoms in total. The molecule has 1 aliphatic rings. The van der Waals surface area contributed by atoms with Gasteiger partial charge in [0.15, 0.2) is 0 Å². The number of aromatic nitrogens is 4. The Hall–Kier alpha value is -2.68. The zero-order valence-electron chi connectivity index (χ0n) is 15.3. The van der Waals surface area contributed by atoms with Crippen LogP contribution in [0.5, 0.6) is 0 Å². The highest BCUT2D eigenvalue weighted by Crippen LogP contribution is 2.38. The van der Waals surface area contributed by atoms with Crippen LogP contribution in [0.4, 0.5) is 19.1 Å². The van der Waals surface area contributed by atoms with Crippen molar-refractivity contribution in [2.75, 3.05) is 5.32 Å². The lowest BCUT2D eigenvalue weighted by Crippen LogP contribution is -2.45. The van der Waals surface area contributed by atoms with E-state index in [0.717, 1.165) is 25.5 Å². The van der Waals surface area contributed by atoms with Crippen LogP contribution < -0.4 is 11.1 Å². The van der Waals surface area contributed by atoms with Gasteiger partial charge >= 0.3 is 6.18 Å². The number of rotatable bonds is 3. The minimum absolute atomic E-state index is 0.0178. The van der Waals surface area contributed by atoms with Crippen molar-refractivity contribution < 1.29 is 13.2 Å². The molecule has 0 aliphatic heterocycles. The highest BCUT2D eigenvalue weighted by Gasteiger charge is 2.37. The van der Waals surface area contributed by atoms with Crippen molar-refractivity contribution in [1.29, 1.82) is 0 Å². The van der Waals surface area contributed by atoms with Crippen LogP contribution in [-0.2, 0) is 6.18 Å². The smallest absolute Gasteiger partial charge is 0.351 e. The summed E-state index contributed by atoms with van der Waals surface area (Å²) in [4.78, 5) is 8.12. The predicted octanol–water partition coefficient (Wildman–Crippen LogP) is 4.11. The molecule has 0 bridgehead atoms. The SMILES string of the molecule is C[C@]1(N)CCC[C@@H](Nc2ncc(C(F)(F)F)c(-c3n[nH]c4ccccc34)n2)C1. The van der Waals surface area contributed by atoms with E-state index in [1.807, 2.05) is 6.92 Å². The average Bonchev–Trinajstić information content (AvgIpc) is 3.04. The second kappa shape index (κ2) is 6.73. The second-order valence-corrected chi connectivity index (χ2v) is 7.66. The van der Waals surface area contributed by atoms with Crippen molar-refractivity contribution in [2.24, 2.45) is 5.73 Å². The van der Waals surface area contributed by atoms with Crippen LogP contribution in [0.25, 0.3) is 22.3 Å². The first-order valence-corrected chi connectivity index (χ1v) is 9.16. The summed E-state index contributed by atoms with van der Waals surface area (Å²) in [6, 6.07) is 7.02. The molecule has 0 radical (unpaired) electrons. The molecule has 2 heterocycles. The summed E-state index contributed by atoms with van der Waals surface area (Å²) in [5.74, 6) is 0.151. The van der Waals surface area contributed by atoms with Crippen molar-refractivity contribution in [1.82, 2.24) is 20.2 Å². The third-order valence-corrected chi connectivity index (χ3v) is 5.14. The Labute approximate surface area is 159 Å². The van der Waals surface area contributed by atoms with E-state index in [0.29, 0.717) is 17.3 Å². The van der Waals surface area contributed by atoms with Gasteiger partial charge in [-0.1, -0.05) is 18.2 Å². The average molecular weight is 390 g/mol. The summed E-state index contributed by atoms with van der Waals surface area (Å²) >= 11 is 0. The molecule has 148 valence electrons. The number of aromatic amines is 1. The number of alkyl halides is 3. The highest BCUT2D eigenvalue weighted by atomic mass is 19.4. The van der Waals surface area contributed by atoms with E-state index in [4.69, 9.17) is 5.73 Å². The van der Waals surface area contributed by atoms with Crippen LogP contribution in [-0.4, -0.2) is 31.7 Å². The number of fused-ring (bicyclic) bond motifs is 1. The Morgan fingerprint density at radius 2 is 2.04 bits per heavy atom. The molecular weight excluding hydrogens is 369 g/mol. The monoisotopic (exact) mass is 390 g/mol. The van der Waals surface area contributed by atoms with Gasteiger partial charge in [-0.3, -0.25) is 5.10 Å². The third-order valence-electron chi connectivity index (χ3n) is 5.14. The maximum atomic E-state index is 13.6. The molecule has 2 atom stereocenters. The maximum absolute atomic E-state index is 13.6. The lowest BCUT2D eigenvalue weighted by molar-refractivity contribution is -0.137. The van der Waals surface area contributed by atoms with E-state index in [2.05, 4.69) is 25.5 Å². The van der Waals surface area contributed by atoms with Gasteiger partial charge < -0.3 is 11.1 Å². The molecule has 2 aromatic heterocycles. The van der Waals surface area contributed by atoms with Crippen LogP contribution in [0.3, 0.4) is 0 Å². The van der Waals surface area contributed by atoms with Crippen LogP contribution >= 0.6 is 0 Å². The standard InChI is InChI=1S/C19H21F3N6/c1-18(23)8-4-5-11(9-18)25-17-24-10-13(19(20,21)22)16(26-17)15-12-6-2-3-7-14(12)27-28-15/h2-3,6-7,10-11H,4-5,8-9,23H2,1H3,(H,27,28)(H,24,25,26)/t11-,18+/m1/s1. The number of benzene rings is 1. The third kappa shape index (κ3) is 3.66. The molecule has 0 saturated heterocycles. The molecule has 0 amide bonds. The minimum Gasteiger partial charge on any atom is -0.351 e. The normalized spacial score (nSPS) is 23.1. The fourth-order valence-electron chi connectivity index (χ4n) is 3.81. The molecule has 1 aliphatic carbocycles. The lowest BCUT2D eigenvalue weighted by Gasteiger charge is -2.35. The van der Waals surface area contributed by atoms with Crippen molar-refractivity contribution in [3.8, 4) is 11.4 Å². The first-order valence-electron chi connectivity index (χ1n) is 9.16. The summed E-state index contributed by atoms with van der Waals surface area (Å²) in [5.41, 5.74) is 5.57. The van der Waals surface area contributed by atoms with Gasteiger partial charge in [0.25, 0.3) is 0 Å². The van der Waals surface area contributed by atoms with Gasteiger partial charge in [0.05, 0.1) is 5.52 Å². The number of halogens is 3. The molecule has 4 N–H and O–H groups in total. The Morgan fingerprint density at radius 1 is 1.25 bits per heavy atom. The molecule has 9 heteroatoms. The summed E-state index contributed by atoms with van der Waals surface area (Å²) in [7, 11) is 0. The van der Waals surface area contributed by atoms with Gasteiger partial charge in [0, 0.05) is 23.2 Å². The maximum Gasteiger partial charge on any atom is 0.420 e. The van der Waals surface area contributed by atoms with Gasteiger partial charge in [0.1, 0.15) is 17.0 Å². The Kier molecular flexibility index (Phi) is 4.49. The largest absolute Gasteiger partial charge is 0.420 e. The first-order chi connectivity index (χ1) is 13.2. The summed E-state index contributed by atoms with van der Waals surface area (Å²) in [6.45, 7) is 1.98. The molecule has 0 spiro atoms. The van der Waals surface area contributed by atoms with E-state index < -0.39 is 11.7 Å². The molecule has 4 rings (SSSR count). The lowest BCUT2D eigenvalue weighted by atomic mass is 9.81. The Bertz CT molecular complexity index is 995. The van der Waals surface area contributed by atoms with Crippen molar-refractivity contribution in [3.05, 3.63) is 36.0 Å². The minimum atomic E-state index is -4.59. The van der Waals surface area contributed by atoms with E-state index >= 15 is 0 Å². The molecule has 1 fully saturated rings. The quantitative estimate of drug-likeness (QED) is 0.626. The van der Waals surface area contributed by atoms with Crippen LogP contribution in [0.1, 0.15) is 38.2 Å². The topological polar surface area (TPSA) is 92.5 Å². The van der Waals surface area contributed by atoms with Crippen LogP contribution in [0.2, 0.25) is 0 Å². The number of nitrogens with one attached hydrogen (secondary N) is 2. The zero-order chi connectivity index (χ0) is 19.9. The predicted molar refractivity (Wildman–Crippen MR) is 101 cm³/mol. The number of anilines is 1. The van der Waals surface area contributed by atoms with Crippen LogP contribution in [0.15, 0.2) is 30.5 Å². The van der Waals surface area contributed by atoms with Gasteiger partial charge in [-0.15, -0.1) is 0 Å². The Balaban J connectivity index is 1.74.